The summed E-state index contributed by atoms with van der Waals surface area (Å²) >= 11 is 0. The third kappa shape index (κ3) is 5.15. The zero-order valence-corrected chi connectivity index (χ0v) is 16.7. The van der Waals surface area contributed by atoms with Gasteiger partial charge in [0, 0.05) is 17.8 Å². The molecule has 0 saturated heterocycles. The second kappa shape index (κ2) is 7.70. The van der Waals surface area contributed by atoms with Gasteiger partial charge in [0.05, 0.1) is 5.56 Å². The number of aromatic amines is 1. The van der Waals surface area contributed by atoms with Crippen molar-refractivity contribution in [3.05, 3.63) is 58.4 Å². The smallest absolute Gasteiger partial charge is 0.380 e. The third-order valence-corrected chi connectivity index (χ3v) is 5.25. The average molecular weight is 421 g/mol. The molecule has 0 fully saturated rings. The molecule has 2 nitrogen and oxygen atoms in total. The average Bonchev–Trinajstić information content (AvgIpc) is 2.91. The van der Waals surface area contributed by atoms with E-state index in [1.54, 1.807) is 13.0 Å². The van der Waals surface area contributed by atoms with Crippen LogP contribution in [0, 0.1) is 6.92 Å². The first-order valence-electron chi connectivity index (χ1n) is 9.23. The number of aromatic nitrogens is 1. The summed E-state index contributed by atoms with van der Waals surface area (Å²) in [7, 11) is 0. The number of alkyl halides is 6. The van der Waals surface area contributed by atoms with Gasteiger partial charge in [0.1, 0.15) is 0 Å². The summed E-state index contributed by atoms with van der Waals surface area (Å²) in [6, 6.07) is 5.77. The third-order valence-electron chi connectivity index (χ3n) is 5.25. The fraction of sp³-hybridized carbons (Fsp3) is 0.524. The van der Waals surface area contributed by atoms with E-state index in [9.17, 15) is 31.4 Å². The topological polar surface area (TPSA) is 36.0 Å². The van der Waals surface area contributed by atoms with E-state index in [0.717, 1.165) is 29.5 Å². The molecular formula is C21H25F6NO. The summed E-state index contributed by atoms with van der Waals surface area (Å²) in [6.07, 6.45) is -10.5. The van der Waals surface area contributed by atoms with Crippen LogP contribution in [-0.2, 0) is 24.4 Å². The first kappa shape index (κ1) is 23.3. The second-order valence-electron chi connectivity index (χ2n) is 8.16. The molecule has 29 heavy (non-hydrogen) atoms. The van der Waals surface area contributed by atoms with Crippen LogP contribution in [0.2, 0.25) is 0 Å². The fourth-order valence-corrected chi connectivity index (χ4v) is 3.67. The molecule has 1 unspecified atom stereocenters. The van der Waals surface area contributed by atoms with Crippen LogP contribution < -0.4 is 0 Å². The van der Waals surface area contributed by atoms with Crippen LogP contribution in [0.3, 0.4) is 0 Å². The van der Waals surface area contributed by atoms with E-state index in [1.165, 1.54) is 19.9 Å². The second-order valence-corrected chi connectivity index (χ2v) is 8.16. The van der Waals surface area contributed by atoms with Crippen LogP contribution in [0.1, 0.15) is 55.3 Å². The molecule has 2 N–H and O–H groups in total. The predicted molar refractivity (Wildman–Crippen MR) is 98.7 cm³/mol. The van der Waals surface area contributed by atoms with Gasteiger partial charge >= 0.3 is 12.4 Å². The minimum Gasteiger partial charge on any atom is -0.380 e. The molecule has 0 bridgehead atoms. The molecule has 162 valence electrons. The summed E-state index contributed by atoms with van der Waals surface area (Å²) in [4.78, 5) is 2.90. The van der Waals surface area contributed by atoms with Gasteiger partial charge in [-0.25, -0.2) is 0 Å². The highest BCUT2D eigenvalue weighted by molar-refractivity contribution is 5.32. The highest BCUT2D eigenvalue weighted by Gasteiger charge is 2.56. The zero-order valence-electron chi connectivity index (χ0n) is 16.7. The van der Waals surface area contributed by atoms with Gasteiger partial charge in [-0.05, 0) is 48.4 Å². The molecule has 2 rings (SSSR count). The van der Waals surface area contributed by atoms with Gasteiger partial charge in [0.2, 0.25) is 0 Å². The number of nitrogens with one attached hydrogen (secondary N) is 1. The van der Waals surface area contributed by atoms with Crippen molar-refractivity contribution in [1.82, 2.24) is 4.98 Å². The number of H-pyrrole nitrogens is 1. The molecule has 0 aliphatic rings. The van der Waals surface area contributed by atoms with Crippen LogP contribution in [0.5, 0.6) is 0 Å². The van der Waals surface area contributed by atoms with E-state index in [1.807, 2.05) is 6.92 Å². The molecule has 1 aromatic carbocycles. The molecule has 0 radical (unpaired) electrons. The summed E-state index contributed by atoms with van der Waals surface area (Å²) < 4.78 is 80.6. The summed E-state index contributed by atoms with van der Waals surface area (Å²) in [5.41, 5.74) is -3.52. The lowest BCUT2D eigenvalue weighted by atomic mass is 9.73. The summed E-state index contributed by atoms with van der Waals surface area (Å²) in [5, 5.41) is 10.6. The van der Waals surface area contributed by atoms with Gasteiger partial charge < -0.3 is 10.1 Å². The van der Waals surface area contributed by atoms with Gasteiger partial charge in [-0.1, -0.05) is 39.0 Å². The number of benzene rings is 1. The van der Waals surface area contributed by atoms with Crippen LogP contribution in [0.4, 0.5) is 26.3 Å². The lowest BCUT2D eigenvalue weighted by Crippen LogP contribution is -2.50. The largest absolute Gasteiger partial charge is 0.417 e. The Morgan fingerprint density at radius 3 is 2.03 bits per heavy atom. The van der Waals surface area contributed by atoms with Crippen molar-refractivity contribution < 1.29 is 31.4 Å². The maximum atomic E-state index is 13.8. The maximum Gasteiger partial charge on any atom is 0.417 e. The van der Waals surface area contributed by atoms with E-state index in [2.05, 4.69) is 4.98 Å². The Bertz CT molecular complexity index is 850. The van der Waals surface area contributed by atoms with Crippen molar-refractivity contribution in [3.8, 4) is 0 Å². The molecule has 1 aromatic heterocycles. The van der Waals surface area contributed by atoms with E-state index >= 15 is 0 Å². The molecule has 8 heteroatoms. The lowest BCUT2D eigenvalue weighted by molar-refractivity contribution is -0.266. The van der Waals surface area contributed by atoms with E-state index in [-0.39, 0.29) is 11.3 Å². The van der Waals surface area contributed by atoms with Crippen LogP contribution in [-0.4, -0.2) is 21.9 Å². The molecule has 0 amide bonds. The monoisotopic (exact) mass is 421 g/mol. The number of aryl methyl sites for hydroxylation is 2. The lowest BCUT2D eigenvalue weighted by Gasteiger charge is -2.38. The first-order chi connectivity index (χ1) is 13.1. The Morgan fingerprint density at radius 1 is 0.966 bits per heavy atom. The highest BCUT2D eigenvalue weighted by Crippen LogP contribution is 2.44. The summed E-state index contributed by atoms with van der Waals surface area (Å²) in [6.45, 7) is 6.42. The molecule has 0 aliphatic heterocycles. The number of hydrogen-bond acceptors (Lipinski definition) is 1. The molecule has 0 saturated carbocycles. The van der Waals surface area contributed by atoms with Crippen molar-refractivity contribution in [2.75, 3.05) is 0 Å². The Balaban J connectivity index is 2.40. The van der Waals surface area contributed by atoms with Crippen molar-refractivity contribution in [1.29, 1.82) is 0 Å². The Labute approximate surface area is 165 Å². The number of hydrogen-bond donors (Lipinski definition) is 2. The maximum absolute atomic E-state index is 13.8. The standard InChI is InChI=1S/C21H25F6NO/c1-5-17-13(2)9-16(28-17)11-19(29,21(25,26)27)12-18(3,4)14-7-6-8-15(10-14)20(22,23)24/h6-10,28-29H,5,11-12H2,1-4H3. The summed E-state index contributed by atoms with van der Waals surface area (Å²) in [5.74, 6) is 0. The van der Waals surface area contributed by atoms with Gasteiger partial charge in [-0.15, -0.1) is 0 Å². The van der Waals surface area contributed by atoms with Crippen LogP contribution in [0.25, 0.3) is 0 Å². The zero-order chi connectivity index (χ0) is 22.3. The first-order valence-corrected chi connectivity index (χ1v) is 9.23. The van der Waals surface area contributed by atoms with Crippen molar-refractivity contribution in [3.63, 3.8) is 0 Å². The van der Waals surface area contributed by atoms with Gasteiger partial charge in [0.25, 0.3) is 0 Å². The highest BCUT2D eigenvalue weighted by atomic mass is 19.4. The fourth-order valence-electron chi connectivity index (χ4n) is 3.67. The molecule has 0 aliphatic carbocycles. The minimum atomic E-state index is -4.96. The van der Waals surface area contributed by atoms with Crippen molar-refractivity contribution in [2.24, 2.45) is 0 Å². The van der Waals surface area contributed by atoms with E-state index in [0.29, 0.717) is 6.42 Å². The Hall–Kier alpha value is -1.96. The molecule has 0 spiro atoms. The quantitative estimate of drug-likeness (QED) is 0.543. The number of aliphatic hydroxyl groups is 1. The van der Waals surface area contributed by atoms with Crippen molar-refractivity contribution >= 4 is 0 Å². The Morgan fingerprint density at radius 2 is 1.55 bits per heavy atom. The van der Waals surface area contributed by atoms with E-state index in [4.69, 9.17) is 0 Å². The molecule has 1 atom stereocenters. The SMILES string of the molecule is CCc1[nH]c(CC(O)(CC(C)(C)c2cccc(C(F)(F)F)c2)C(F)(F)F)cc1C. The molecular weight excluding hydrogens is 396 g/mol. The van der Waals surface area contributed by atoms with Gasteiger partial charge in [0.15, 0.2) is 5.60 Å². The normalized spacial score (nSPS) is 15.4. The predicted octanol–water partition coefficient (Wildman–Crippen LogP) is 6.11. The number of rotatable bonds is 6. The molecule has 1 heterocycles. The van der Waals surface area contributed by atoms with Crippen LogP contribution >= 0.6 is 0 Å². The van der Waals surface area contributed by atoms with Crippen LogP contribution in [0.15, 0.2) is 30.3 Å². The van der Waals surface area contributed by atoms with E-state index < -0.39 is 41.8 Å². The molecule has 2 aromatic rings. The minimum absolute atomic E-state index is 0.0758. The van der Waals surface area contributed by atoms with Crippen molar-refractivity contribution in [2.45, 2.75) is 70.3 Å². The Kier molecular flexibility index (Phi) is 6.19. The van der Waals surface area contributed by atoms with Gasteiger partial charge in [-0.2, -0.15) is 26.3 Å². The number of halogens is 6. The van der Waals surface area contributed by atoms with Gasteiger partial charge in [-0.3, -0.25) is 0 Å².